The Kier molecular flexibility index (Phi) is 37.9. The molecule has 0 saturated heterocycles. The minimum Gasteiger partial charge on any atom is -0.434 e. The van der Waals surface area contributed by atoms with Crippen molar-refractivity contribution in [2.24, 2.45) is 0 Å². The van der Waals surface area contributed by atoms with Crippen LogP contribution in [0.4, 0.5) is 9.59 Å². The van der Waals surface area contributed by atoms with Gasteiger partial charge in [0, 0.05) is 13.1 Å². The fourth-order valence-electron chi connectivity index (χ4n) is 5.88. The van der Waals surface area contributed by atoms with Gasteiger partial charge in [-0.15, -0.1) is 0 Å². The molecule has 0 spiro atoms. The van der Waals surface area contributed by atoms with E-state index >= 15 is 0 Å². The summed E-state index contributed by atoms with van der Waals surface area (Å²) in [6.07, 6.45) is 24.8. The third kappa shape index (κ3) is 36.0. The Morgan fingerprint density at radius 1 is 0.367 bits per heavy atom. The summed E-state index contributed by atoms with van der Waals surface area (Å²) in [5, 5.41) is 18.6. The molecule has 0 fully saturated rings. The van der Waals surface area contributed by atoms with Gasteiger partial charge in [0.15, 0.2) is 0 Å². The van der Waals surface area contributed by atoms with Gasteiger partial charge in [0.05, 0.1) is 39.6 Å². The molecule has 0 saturated carbocycles. The Morgan fingerprint density at radius 2 is 0.633 bits per heavy atom. The number of carbonyl (C=O) groups excluding carboxylic acids is 2. The molecule has 0 aliphatic carbocycles. The maximum absolute atomic E-state index is 11.9. The van der Waals surface area contributed by atoms with Crippen molar-refractivity contribution in [2.75, 3.05) is 78.9 Å². The molecule has 0 amide bonds. The van der Waals surface area contributed by atoms with Crippen molar-refractivity contribution in [1.82, 2.24) is 9.80 Å². The van der Waals surface area contributed by atoms with E-state index in [9.17, 15) is 19.8 Å². The first-order chi connectivity index (χ1) is 24.1. The van der Waals surface area contributed by atoms with Gasteiger partial charge in [0.25, 0.3) is 0 Å². The van der Waals surface area contributed by atoms with Crippen LogP contribution < -0.4 is 0 Å². The van der Waals surface area contributed by atoms with Gasteiger partial charge in [-0.1, -0.05) is 104 Å². The number of aliphatic hydroxyl groups excluding tert-OH is 2. The Morgan fingerprint density at radius 3 is 0.959 bits per heavy atom. The van der Waals surface area contributed by atoms with Crippen LogP contribution in [0.1, 0.15) is 162 Å². The van der Waals surface area contributed by atoms with Crippen LogP contribution in [0.5, 0.6) is 0 Å². The molecule has 0 aromatic carbocycles. The monoisotopic (exact) mass is 703 g/mol. The van der Waals surface area contributed by atoms with E-state index in [4.69, 9.17) is 18.9 Å². The molecule has 0 aliphatic rings. The van der Waals surface area contributed by atoms with Gasteiger partial charge in [-0.25, -0.2) is 9.59 Å². The first kappa shape index (κ1) is 47.4. The van der Waals surface area contributed by atoms with Crippen molar-refractivity contribution in [3.05, 3.63) is 0 Å². The maximum atomic E-state index is 11.9. The Bertz CT molecular complexity index is 648. The molecule has 10 heteroatoms. The predicted octanol–water partition coefficient (Wildman–Crippen LogP) is 8.89. The van der Waals surface area contributed by atoms with Crippen LogP contribution in [0.3, 0.4) is 0 Å². The Hall–Kier alpha value is -1.62. The molecule has 0 bridgehead atoms. The third-order valence-electron chi connectivity index (χ3n) is 8.89. The highest BCUT2D eigenvalue weighted by Crippen LogP contribution is 2.10. The second kappa shape index (κ2) is 39.2. The SMILES string of the molecule is CCCCCCCCCCOC(=O)OCCCCCN(CCCCCOC(=O)OCCCCCCCCCC)CCCN(CCO)CCO. The smallest absolute Gasteiger partial charge is 0.434 e. The second-order valence-corrected chi connectivity index (χ2v) is 13.4. The van der Waals surface area contributed by atoms with Crippen LogP contribution >= 0.6 is 0 Å². The van der Waals surface area contributed by atoms with Crippen LogP contribution in [-0.4, -0.2) is 111 Å². The van der Waals surface area contributed by atoms with Crippen LogP contribution in [0.15, 0.2) is 0 Å². The summed E-state index contributed by atoms with van der Waals surface area (Å²) < 4.78 is 21.0. The zero-order valence-electron chi connectivity index (χ0n) is 32.0. The molecule has 0 atom stereocenters. The number of hydrogen-bond donors (Lipinski definition) is 2. The van der Waals surface area contributed by atoms with Gasteiger partial charge < -0.3 is 34.1 Å². The molecule has 10 nitrogen and oxygen atoms in total. The molecular weight excluding hydrogens is 624 g/mol. The minimum atomic E-state index is -0.555. The van der Waals surface area contributed by atoms with Crippen LogP contribution in [-0.2, 0) is 18.9 Å². The van der Waals surface area contributed by atoms with Crippen LogP contribution in [0.25, 0.3) is 0 Å². The molecule has 0 aliphatic heterocycles. The molecule has 0 aromatic rings. The number of hydrogen-bond acceptors (Lipinski definition) is 10. The van der Waals surface area contributed by atoms with E-state index in [2.05, 4.69) is 23.6 Å². The lowest BCUT2D eigenvalue weighted by atomic mass is 10.1. The molecule has 0 radical (unpaired) electrons. The highest BCUT2D eigenvalue weighted by atomic mass is 16.7. The molecule has 2 N–H and O–H groups in total. The highest BCUT2D eigenvalue weighted by Gasteiger charge is 2.10. The van der Waals surface area contributed by atoms with E-state index in [1.165, 1.54) is 77.0 Å². The zero-order valence-corrected chi connectivity index (χ0v) is 32.0. The Balaban J connectivity index is 4.11. The topological polar surface area (TPSA) is 118 Å². The number of rotatable bonds is 38. The first-order valence-electron chi connectivity index (χ1n) is 20.3. The summed E-state index contributed by atoms with van der Waals surface area (Å²) >= 11 is 0. The van der Waals surface area contributed by atoms with E-state index in [1.807, 2.05) is 0 Å². The van der Waals surface area contributed by atoms with Crippen LogP contribution in [0, 0.1) is 0 Å². The van der Waals surface area contributed by atoms with E-state index in [1.54, 1.807) is 0 Å². The summed E-state index contributed by atoms with van der Waals surface area (Å²) in [5.74, 6) is 0. The van der Waals surface area contributed by atoms with Gasteiger partial charge in [-0.2, -0.15) is 0 Å². The molecule has 49 heavy (non-hydrogen) atoms. The summed E-state index contributed by atoms with van der Waals surface area (Å²) in [4.78, 5) is 28.3. The van der Waals surface area contributed by atoms with E-state index < -0.39 is 12.3 Å². The normalized spacial score (nSPS) is 11.4. The largest absolute Gasteiger partial charge is 0.508 e. The van der Waals surface area contributed by atoms with Crippen molar-refractivity contribution in [2.45, 2.75) is 162 Å². The summed E-state index contributed by atoms with van der Waals surface area (Å²) in [6, 6.07) is 0. The van der Waals surface area contributed by atoms with Crippen LogP contribution in [0.2, 0.25) is 0 Å². The van der Waals surface area contributed by atoms with Gasteiger partial charge in [-0.05, 0) is 84.0 Å². The molecular formula is C39H78N2O8. The van der Waals surface area contributed by atoms with Crippen molar-refractivity contribution in [3.8, 4) is 0 Å². The van der Waals surface area contributed by atoms with E-state index in [0.717, 1.165) is 96.8 Å². The number of ether oxygens (including phenoxy) is 4. The average molecular weight is 703 g/mol. The number of carbonyl (C=O) groups is 2. The highest BCUT2D eigenvalue weighted by molar-refractivity contribution is 5.60. The quantitative estimate of drug-likeness (QED) is 0.0477. The first-order valence-corrected chi connectivity index (χ1v) is 20.3. The lowest BCUT2D eigenvalue weighted by molar-refractivity contribution is 0.0520. The fourth-order valence-corrected chi connectivity index (χ4v) is 5.88. The van der Waals surface area contributed by atoms with Gasteiger partial charge in [0.2, 0.25) is 0 Å². The van der Waals surface area contributed by atoms with Gasteiger partial charge in [0.1, 0.15) is 0 Å². The van der Waals surface area contributed by atoms with E-state index in [0.29, 0.717) is 39.5 Å². The van der Waals surface area contributed by atoms with Crippen molar-refractivity contribution in [1.29, 1.82) is 0 Å². The summed E-state index contributed by atoms with van der Waals surface area (Å²) in [6.45, 7) is 11.1. The molecule has 0 rings (SSSR count). The third-order valence-corrected chi connectivity index (χ3v) is 8.89. The fraction of sp³-hybridized carbons (Fsp3) is 0.949. The molecule has 292 valence electrons. The molecule has 0 unspecified atom stereocenters. The lowest BCUT2D eigenvalue weighted by Gasteiger charge is -2.25. The Labute approximate surface area is 300 Å². The number of unbranched alkanes of at least 4 members (excludes halogenated alkanes) is 18. The maximum Gasteiger partial charge on any atom is 0.508 e. The van der Waals surface area contributed by atoms with Gasteiger partial charge >= 0.3 is 12.3 Å². The standard InChI is InChI=1S/C39H78N2O8/c1-3-5-7-9-11-13-15-21-34-46-38(44)48-36-23-17-19-26-40(28-25-29-41(30-32-42)31-33-43)27-20-18-24-37-49-39(45)47-35-22-16-14-12-10-8-6-4-2/h42-43H,3-37H2,1-2H3. The van der Waals surface area contributed by atoms with Crippen molar-refractivity contribution >= 4 is 12.3 Å². The minimum absolute atomic E-state index is 0.0906. The molecule has 0 heterocycles. The number of aliphatic hydroxyl groups is 2. The van der Waals surface area contributed by atoms with E-state index in [-0.39, 0.29) is 13.2 Å². The number of nitrogens with zero attached hydrogens (tertiary/aromatic N) is 2. The zero-order chi connectivity index (χ0) is 35.9. The van der Waals surface area contributed by atoms with Gasteiger partial charge in [-0.3, -0.25) is 4.90 Å². The lowest BCUT2D eigenvalue weighted by Crippen LogP contribution is -2.34. The second-order valence-electron chi connectivity index (χ2n) is 13.4. The molecule has 0 aromatic heterocycles. The summed E-state index contributed by atoms with van der Waals surface area (Å²) in [5.41, 5.74) is 0. The van der Waals surface area contributed by atoms with Crippen molar-refractivity contribution in [3.63, 3.8) is 0 Å². The van der Waals surface area contributed by atoms with Crippen molar-refractivity contribution < 1.29 is 38.7 Å². The average Bonchev–Trinajstić information content (AvgIpc) is 3.09. The predicted molar refractivity (Wildman–Crippen MR) is 199 cm³/mol. The summed E-state index contributed by atoms with van der Waals surface area (Å²) in [7, 11) is 0.